The highest BCUT2D eigenvalue weighted by atomic mass is 16.3. The molecule has 0 aliphatic carbocycles. The first-order valence-corrected chi connectivity index (χ1v) is 20.5. The van der Waals surface area contributed by atoms with E-state index in [9.17, 15) is 38.7 Å². The molecule has 1 saturated heterocycles. The number of primary amides is 1. The number of aliphatic imine (C=N–C) groups is 1. The predicted molar refractivity (Wildman–Crippen MR) is 226 cm³/mol. The number of hydrogen-bond donors (Lipinski definition) is 11. The van der Waals surface area contributed by atoms with Gasteiger partial charge in [0.15, 0.2) is 5.96 Å². The van der Waals surface area contributed by atoms with E-state index in [1.165, 1.54) is 29.6 Å². The van der Waals surface area contributed by atoms with Gasteiger partial charge >= 0.3 is 0 Å². The molecule has 14 N–H and O–H groups in total. The molecular weight excluding hydrogens is 791 g/mol. The van der Waals surface area contributed by atoms with Crippen molar-refractivity contribution in [1.29, 1.82) is 0 Å². The Morgan fingerprint density at radius 1 is 0.869 bits per heavy atom. The van der Waals surface area contributed by atoms with E-state index in [0.29, 0.717) is 36.9 Å². The van der Waals surface area contributed by atoms with Crippen LogP contribution in [0.5, 0.6) is 5.75 Å². The number of aromatic nitrogens is 2. The Balaban J connectivity index is 1.89. The van der Waals surface area contributed by atoms with Crippen LogP contribution in [0.1, 0.15) is 71.1 Å². The first-order chi connectivity index (χ1) is 28.9. The minimum Gasteiger partial charge on any atom is -0.508 e. The number of hydrogen-bond acceptors (Lipinski definition) is 11. The maximum absolute atomic E-state index is 14.3. The predicted octanol–water partition coefficient (Wildman–Crippen LogP) is -2.22. The van der Waals surface area contributed by atoms with Gasteiger partial charge in [-0.05, 0) is 62.3 Å². The number of rotatable bonds is 24. The molecular formula is C40H63N13O8. The molecule has 7 amide bonds. The molecule has 0 radical (unpaired) electrons. The third kappa shape index (κ3) is 15.4. The lowest BCUT2D eigenvalue weighted by Crippen LogP contribution is -2.61. The van der Waals surface area contributed by atoms with Crippen LogP contribution in [-0.4, -0.2) is 130 Å². The molecule has 7 atom stereocenters. The van der Waals surface area contributed by atoms with Crippen molar-refractivity contribution in [2.45, 2.75) is 109 Å². The minimum atomic E-state index is -1.30. The van der Waals surface area contributed by atoms with Gasteiger partial charge in [-0.1, -0.05) is 46.2 Å². The Morgan fingerprint density at radius 2 is 1.51 bits per heavy atom. The Bertz CT molecular complexity index is 1820. The normalized spacial score (nSPS) is 16.6. The van der Waals surface area contributed by atoms with Crippen molar-refractivity contribution in [3.8, 4) is 5.75 Å². The number of aromatic amines is 1. The number of amides is 7. The molecule has 2 heterocycles. The Labute approximate surface area is 355 Å². The van der Waals surface area contributed by atoms with Crippen LogP contribution >= 0.6 is 0 Å². The van der Waals surface area contributed by atoms with Crippen LogP contribution in [0.3, 0.4) is 0 Å². The number of nitrogens with one attached hydrogen (secondary N) is 7. The van der Waals surface area contributed by atoms with Gasteiger partial charge in [0.25, 0.3) is 0 Å². The molecule has 0 saturated carbocycles. The van der Waals surface area contributed by atoms with E-state index in [1.54, 1.807) is 40.0 Å². The van der Waals surface area contributed by atoms with Crippen LogP contribution in [0, 0.1) is 11.8 Å². The lowest BCUT2D eigenvalue weighted by Gasteiger charge is -2.31. The molecule has 61 heavy (non-hydrogen) atoms. The molecule has 0 unspecified atom stereocenters. The van der Waals surface area contributed by atoms with Crippen LogP contribution in [0.4, 0.5) is 0 Å². The largest absolute Gasteiger partial charge is 0.508 e. The summed E-state index contributed by atoms with van der Waals surface area (Å²) < 4.78 is 0. The average Bonchev–Trinajstić information content (AvgIpc) is 3.93. The molecule has 0 bridgehead atoms. The maximum atomic E-state index is 14.3. The fourth-order valence-electron chi connectivity index (χ4n) is 6.87. The van der Waals surface area contributed by atoms with E-state index in [4.69, 9.17) is 17.2 Å². The zero-order chi connectivity index (χ0) is 45.2. The topological polar surface area (TPSA) is 334 Å². The summed E-state index contributed by atoms with van der Waals surface area (Å²) in [6.07, 6.45) is 4.72. The second kappa shape index (κ2) is 24.1. The summed E-state index contributed by atoms with van der Waals surface area (Å²) in [5.41, 5.74) is 17.5. The fraction of sp³-hybridized carbons (Fsp3) is 0.575. The molecule has 1 aliphatic heterocycles. The standard InChI is InChI=1S/C40H63N13O8/c1-6-23(4)33(38(60)50-29(18-25-19-45-21-47-25)39(61)53-16-8-10-30(53)34(41)56)52-36(58)28(17-24-11-13-26(54)14-12-24)49-37(59)32(22(2)3)51-35(57)27(48-31(55)20-44-5)9-7-15-46-40(42)43/h11-14,19,21-23,27-30,32-33,44,54H,6-10,15-18,20H2,1-5H3,(H2,41,56)(H,45,47)(H,48,55)(H,49,59)(H,50,60)(H,51,57)(H,52,58)(H4,42,43,46)/t23-,27+,28-,29-,30+,32-,33-/m1/s1. The van der Waals surface area contributed by atoms with E-state index < -0.39 is 89.4 Å². The molecule has 1 fully saturated rings. The highest BCUT2D eigenvalue weighted by Crippen LogP contribution is 2.20. The summed E-state index contributed by atoms with van der Waals surface area (Å²) in [7, 11) is 1.58. The number of likely N-dealkylation sites (tertiary alicyclic amines) is 1. The number of benzene rings is 1. The van der Waals surface area contributed by atoms with Gasteiger partial charge < -0.3 is 64.1 Å². The van der Waals surface area contributed by atoms with Gasteiger partial charge in [0.05, 0.1) is 12.9 Å². The molecule has 0 spiro atoms. The lowest BCUT2D eigenvalue weighted by molar-refractivity contribution is -0.141. The van der Waals surface area contributed by atoms with Gasteiger partial charge in [0.1, 0.15) is 42.0 Å². The van der Waals surface area contributed by atoms with Gasteiger partial charge in [0.2, 0.25) is 41.4 Å². The third-order valence-corrected chi connectivity index (χ3v) is 10.4. The SMILES string of the molecule is CC[C@@H](C)[C@@H](NC(=O)[C@@H](Cc1ccc(O)cc1)NC(=O)[C@H](NC(=O)[C@H](CCCN=C(N)N)NC(=O)CNC)C(C)C)C(=O)N[C@H](Cc1cnc[nH]1)C(=O)N1CCC[C@H]1C(N)=O. The molecule has 1 aliphatic rings. The number of phenolic OH excluding ortho intramolecular Hbond substituents is 1. The summed E-state index contributed by atoms with van der Waals surface area (Å²) in [5, 5.41) is 26.4. The number of imidazole rings is 1. The number of aromatic hydroxyl groups is 1. The van der Waals surface area contributed by atoms with E-state index in [2.05, 4.69) is 46.9 Å². The van der Waals surface area contributed by atoms with Gasteiger partial charge in [-0.2, -0.15) is 0 Å². The monoisotopic (exact) mass is 853 g/mol. The summed E-state index contributed by atoms with van der Waals surface area (Å²) in [6, 6.07) is -0.710. The quantitative estimate of drug-likeness (QED) is 0.0304. The van der Waals surface area contributed by atoms with Gasteiger partial charge in [-0.25, -0.2) is 4.98 Å². The van der Waals surface area contributed by atoms with Crippen LogP contribution in [-0.2, 0) is 46.4 Å². The highest BCUT2D eigenvalue weighted by Gasteiger charge is 2.39. The van der Waals surface area contributed by atoms with Crippen molar-refractivity contribution in [3.05, 3.63) is 48.0 Å². The van der Waals surface area contributed by atoms with E-state index >= 15 is 0 Å². The molecule has 1 aromatic heterocycles. The molecule has 336 valence electrons. The molecule has 3 rings (SSSR count). The molecule has 1 aromatic carbocycles. The van der Waals surface area contributed by atoms with Crippen LogP contribution in [0.15, 0.2) is 41.8 Å². The first kappa shape index (κ1) is 49.1. The van der Waals surface area contributed by atoms with Crippen LogP contribution in [0.2, 0.25) is 0 Å². The second-order valence-electron chi connectivity index (χ2n) is 15.6. The van der Waals surface area contributed by atoms with Crippen molar-refractivity contribution >= 4 is 47.3 Å². The minimum absolute atomic E-state index is 0.00582. The van der Waals surface area contributed by atoms with E-state index in [0.717, 1.165) is 0 Å². The van der Waals surface area contributed by atoms with Crippen molar-refractivity contribution in [2.75, 3.05) is 26.7 Å². The third-order valence-electron chi connectivity index (χ3n) is 10.4. The number of nitrogens with zero attached hydrogens (tertiary/aromatic N) is 3. The summed E-state index contributed by atoms with van der Waals surface area (Å²) in [6.45, 7) is 7.38. The van der Waals surface area contributed by atoms with E-state index in [-0.39, 0.29) is 50.6 Å². The zero-order valence-corrected chi connectivity index (χ0v) is 35.5. The lowest BCUT2D eigenvalue weighted by atomic mass is 9.96. The Morgan fingerprint density at radius 3 is 2.10 bits per heavy atom. The number of carbonyl (C=O) groups excluding carboxylic acids is 7. The zero-order valence-electron chi connectivity index (χ0n) is 35.5. The molecule has 21 nitrogen and oxygen atoms in total. The molecule has 2 aromatic rings. The number of H-pyrrole nitrogens is 1. The van der Waals surface area contributed by atoms with Crippen LogP contribution < -0.4 is 49.1 Å². The fourth-order valence-corrected chi connectivity index (χ4v) is 6.87. The summed E-state index contributed by atoms with van der Waals surface area (Å²) in [4.78, 5) is 107. The van der Waals surface area contributed by atoms with Crippen molar-refractivity contribution in [2.24, 2.45) is 34.0 Å². The average molecular weight is 854 g/mol. The molecule has 21 heteroatoms. The summed E-state index contributed by atoms with van der Waals surface area (Å²) in [5.74, 6) is -5.51. The van der Waals surface area contributed by atoms with Gasteiger partial charge in [0, 0.05) is 37.8 Å². The Kier molecular flexibility index (Phi) is 19.4. The van der Waals surface area contributed by atoms with E-state index in [1.807, 2.05) is 6.92 Å². The van der Waals surface area contributed by atoms with Gasteiger partial charge in [-0.15, -0.1) is 0 Å². The van der Waals surface area contributed by atoms with Crippen molar-refractivity contribution in [3.63, 3.8) is 0 Å². The number of guanidine groups is 1. The number of likely N-dealkylation sites (N-methyl/N-ethyl adjacent to an activating group) is 1. The van der Waals surface area contributed by atoms with Crippen molar-refractivity contribution in [1.82, 2.24) is 46.8 Å². The smallest absolute Gasteiger partial charge is 0.246 e. The second-order valence-corrected chi connectivity index (χ2v) is 15.6. The van der Waals surface area contributed by atoms with Crippen molar-refractivity contribution < 1.29 is 38.7 Å². The van der Waals surface area contributed by atoms with Crippen LogP contribution in [0.25, 0.3) is 0 Å². The number of nitrogens with two attached hydrogens (primary N) is 3. The number of carbonyl (C=O) groups is 7. The summed E-state index contributed by atoms with van der Waals surface area (Å²) >= 11 is 0. The highest BCUT2D eigenvalue weighted by molar-refractivity contribution is 5.97. The maximum Gasteiger partial charge on any atom is 0.246 e. The van der Waals surface area contributed by atoms with Gasteiger partial charge in [-0.3, -0.25) is 38.6 Å². The Hall–Kier alpha value is -6.25. The number of phenols is 1. The first-order valence-electron chi connectivity index (χ1n) is 20.5.